The lowest BCUT2D eigenvalue weighted by molar-refractivity contribution is 0.0541. The number of alkyl halides is 2. The molecule has 14 heavy (non-hydrogen) atoms. The smallest absolute Gasteiger partial charge is 0.133 e. The van der Waals surface area contributed by atoms with Crippen molar-refractivity contribution in [2.75, 3.05) is 13.1 Å². The van der Waals surface area contributed by atoms with E-state index in [9.17, 15) is 9.50 Å². The Bertz CT molecular complexity index is 162. The van der Waals surface area contributed by atoms with Crippen LogP contribution in [0.5, 0.6) is 0 Å². The lowest BCUT2D eigenvalue weighted by Gasteiger charge is -2.33. The zero-order valence-electron chi connectivity index (χ0n) is 8.55. The minimum atomic E-state index is -1.06. The van der Waals surface area contributed by atoms with Gasteiger partial charge in [0, 0.05) is 5.92 Å². The normalized spacial score (nSPS) is 29.6. The van der Waals surface area contributed by atoms with E-state index in [0.29, 0.717) is 6.42 Å². The summed E-state index contributed by atoms with van der Waals surface area (Å²) in [5, 5.41) is 12.6. The van der Waals surface area contributed by atoms with Gasteiger partial charge in [-0.1, -0.05) is 18.5 Å². The first-order valence-electron chi connectivity index (χ1n) is 5.33. The first-order chi connectivity index (χ1) is 6.66. The fraction of sp³-hybridized carbons (Fsp3) is 1.00. The van der Waals surface area contributed by atoms with Crippen LogP contribution >= 0.6 is 11.6 Å². The predicted molar refractivity (Wildman–Crippen MR) is 56.1 cm³/mol. The Morgan fingerprint density at radius 2 is 2.36 bits per heavy atom. The number of rotatable bonds is 4. The van der Waals surface area contributed by atoms with Gasteiger partial charge in [-0.25, -0.2) is 4.39 Å². The molecule has 0 bridgehead atoms. The second kappa shape index (κ2) is 5.89. The summed E-state index contributed by atoms with van der Waals surface area (Å²) < 4.78 is 13.6. The molecule has 4 heteroatoms. The number of aliphatic hydroxyl groups is 1. The Morgan fingerprint density at radius 1 is 1.64 bits per heavy atom. The van der Waals surface area contributed by atoms with E-state index in [1.807, 2.05) is 0 Å². The average molecular weight is 224 g/mol. The molecule has 1 saturated heterocycles. The zero-order valence-corrected chi connectivity index (χ0v) is 9.30. The number of hydrogen-bond acceptors (Lipinski definition) is 2. The van der Waals surface area contributed by atoms with Crippen LogP contribution < -0.4 is 5.32 Å². The van der Waals surface area contributed by atoms with Gasteiger partial charge in [0.1, 0.15) is 11.7 Å². The molecule has 0 radical (unpaired) electrons. The lowest BCUT2D eigenvalue weighted by atomic mass is 9.83. The van der Waals surface area contributed by atoms with Gasteiger partial charge < -0.3 is 10.4 Å². The van der Waals surface area contributed by atoms with E-state index in [2.05, 4.69) is 5.32 Å². The monoisotopic (exact) mass is 223 g/mol. The molecule has 1 heterocycles. The van der Waals surface area contributed by atoms with Gasteiger partial charge in [-0.3, -0.25) is 0 Å². The highest BCUT2D eigenvalue weighted by Crippen LogP contribution is 2.30. The standard InChI is InChI=1S/C10H19ClFNO/c1-2-8(12)9(10(11)14)7-4-3-5-13-6-7/h7-10,13-14H,2-6H2,1H3/t7-,8?,9?,10?/m0/s1. The molecule has 2 nitrogen and oxygen atoms in total. The topological polar surface area (TPSA) is 32.3 Å². The Morgan fingerprint density at radius 3 is 2.79 bits per heavy atom. The molecule has 1 rings (SSSR count). The molecule has 0 spiro atoms. The summed E-state index contributed by atoms with van der Waals surface area (Å²) in [5.74, 6) is -0.249. The van der Waals surface area contributed by atoms with Crippen molar-refractivity contribution < 1.29 is 9.50 Å². The van der Waals surface area contributed by atoms with Gasteiger partial charge in [-0.05, 0) is 38.3 Å². The largest absolute Gasteiger partial charge is 0.377 e. The van der Waals surface area contributed by atoms with E-state index >= 15 is 0 Å². The highest BCUT2D eigenvalue weighted by molar-refractivity contribution is 6.19. The fourth-order valence-electron chi connectivity index (χ4n) is 2.17. The molecule has 3 unspecified atom stereocenters. The molecule has 0 amide bonds. The molecule has 0 aliphatic carbocycles. The van der Waals surface area contributed by atoms with Gasteiger partial charge in [-0.15, -0.1) is 0 Å². The van der Waals surface area contributed by atoms with Crippen LogP contribution in [0.3, 0.4) is 0 Å². The van der Waals surface area contributed by atoms with Crippen LogP contribution in [-0.4, -0.2) is 29.9 Å². The summed E-state index contributed by atoms with van der Waals surface area (Å²) in [6, 6.07) is 0. The molecule has 0 aromatic carbocycles. The van der Waals surface area contributed by atoms with Crippen molar-refractivity contribution in [3.05, 3.63) is 0 Å². The van der Waals surface area contributed by atoms with Crippen LogP contribution in [0.15, 0.2) is 0 Å². The van der Waals surface area contributed by atoms with Crippen molar-refractivity contribution in [2.24, 2.45) is 11.8 Å². The third-order valence-corrected chi connectivity index (χ3v) is 3.30. The summed E-state index contributed by atoms with van der Waals surface area (Å²) in [7, 11) is 0. The van der Waals surface area contributed by atoms with Gasteiger partial charge in [0.15, 0.2) is 0 Å². The second-order valence-corrected chi connectivity index (χ2v) is 4.43. The highest BCUT2D eigenvalue weighted by Gasteiger charge is 2.34. The summed E-state index contributed by atoms with van der Waals surface area (Å²) in [4.78, 5) is 0. The maximum atomic E-state index is 13.6. The molecule has 84 valence electrons. The predicted octanol–water partition coefficient (Wildman–Crippen LogP) is 1.91. The first kappa shape index (κ1) is 12.2. The van der Waals surface area contributed by atoms with Crippen LogP contribution in [0.4, 0.5) is 4.39 Å². The average Bonchev–Trinajstić information content (AvgIpc) is 2.19. The minimum absolute atomic E-state index is 0.172. The van der Waals surface area contributed by atoms with Crippen molar-refractivity contribution >= 4 is 11.6 Å². The molecule has 0 saturated carbocycles. The van der Waals surface area contributed by atoms with Gasteiger partial charge in [-0.2, -0.15) is 0 Å². The summed E-state index contributed by atoms with van der Waals surface area (Å²) in [5.41, 5.74) is -1.06. The van der Waals surface area contributed by atoms with Crippen LogP contribution in [-0.2, 0) is 0 Å². The van der Waals surface area contributed by atoms with Crippen molar-refractivity contribution in [3.63, 3.8) is 0 Å². The number of halogens is 2. The third kappa shape index (κ3) is 3.07. The molecule has 2 N–H and O–H groups in total. The second-order valence-electron chi connectivity index (χ2n) is 3.98. The van der Waals surface area contributed by atoms with Crippen molar-refractivity contribution in [1.29, 1.82) is 0 Å². The number of nitrogens with one attached hydrogen (secondary N) is 1. The van der Waals surface area contributed by atoms with Crippen LogP contribution in [0.2, 0.25) is 0 Å². The van der Waals surface area contributed by atoms with Crippen LogP contribution in [0.25, 0.3) is 0 Å². The first-order valence-corrected chi connectivity index (χ1v) is 5.77. The molecule has 4 atom stereocenters. The highest BCUT2D eigenvalue weighted by atomic mass is 35.5. The quantitative estimate of drug-likeness (QED) is 0.714. The molecule has 1 aliphatic heterocycles. The minimum Gasteiger partial charge on any atom is -0.377 e. The number of piperidine rings is 1. The van der Waals surface area contributed by atoms with E-state index < -0.39 is 17.7 Å². The van der Waals surface area contributed by atoms with Crippen LogP contribution in [0.1, 0.15) is 26.2 Å². The fourth-order valence-corrected chi connectivity index (χ4v) is 2.54. The Balaban J connectivity index is 2.56. The number of aliphatic hydroxyl groups excluding tert-OH is 1. The van der Waals surface area contributed by atoms with Crippen molar-refractivity contribution in [3.8, 4) is 0 Å². The molecule has 1 aliphatic rings. The summed E-state index contributed by atoms with van der Waals surface area (Å²) in [6.45, 7) is 3.55. The molecule has 0 aromatic rings. The van der Waals surface area contributed by atoms with E-state index in [-0.39, 0.29) is 5.92 Å². The van der Waals surface area contributed by atoms with Crippen LogP contribution in [0, 0.1) is 11.8 Å². The van der Waals surface area contributed by atoms with Gasteiger partial charge >= 0.3 is 0 Å². The Kier molecular flexibility index (Phi) is 5.13. The maximum Gasteiger partial charge on any atom is 0.133 e. The summed E-state index contributed by atoms with van der Waals surface area (Å²) >= 11 is 5.64. The van der Waals surface area contributed by atoms with E-state index in [1.165, 1.54) is 0 Å². The van der Waals surface area contributed by atoms with Gasteiger partial charge in [0.05, 0.1) is 0 Å². The summed E-state index contributed by atoms with van der Waals surface area (Å²) in [6.07, 6.45) is 1.43. The van der Waals surface area contributed by atoms with E-state index in [0.717, 1.165) is 25.9 Å². The van der Waals surface area contributed by atoms with Crippen molar-refractivity contribution in [1.82, 2.24) is 5.32 Å². The molecule has 1 fully saturated rings. The molecular weight excluding hydrogens is 205 g/mol. The van der Waals surface area contributed by atoms with Crippen molar-refractivity contribution in [2.45, 2.75) is 37.9 Å². The lowest BCUT2D eigenvalue weighted by Crippen LogP contribution is -2.41. The SMILES string of the molecule is CCC(F)C(C(O)Cl)[C@H]1CCCNC1. The van der Waals surface area contributed by atoms with Gasteiger partial charge in [0.25, 0.3) is 0 Å². The number of hydrogen-bond donors (Lipinski definition) is 2. The Hall–Kier alpha value is 0.140. The third-order valence-electron chi connectivity index (χ3n) is 3.00. The Labute approximate surface area is 89.8 Å². The zero-order chi connectivity index (χ0) is 10.6. The van der Waals surface area contributed by atoms with E-state index in [4.69, 9.17) is 11.6 Å². The van der Waals surface area contributed by atoms with E-state index in [1.54, 1.807) is 6.92 Å². The molecular formula is C10H19ClFNO. The maximum absolute atomic E-state index is 13.6. The van der Waals surface area contributed by atoms with Gasteiger partial charge in [0.2, 0.25) is 0 Å². The molecule has 0 aromatic heterocycles.